The smallest absolute Gasteiger partial charge is 0.270 e. The number of likely N-dealkylation sites (tertiary alicyclic amines) is 1. The molecule has 1 N–H and O–H groups in total. The summed E-state index contributed by atoms with van der Waals surface area (Å²) in [5.41, 5.74) is 0.443. The number of thiophene rings is 1. The molecule has 26 heavy (non-hydrogen) atoms. The average Bonchev–Trinajstić information content (AvgIpc) is 3.04. The molecule has 6 rings (SSSR count). The molecule has 0 radical (unpaired) electrons. The SMILES string of the molecule is O=C(N[C@H]1CN2CCC1CC2)c1cc2sc(C(=O)N3CCC3)cc2cn1. The Morgan fingerprint density at radius 3 is 2.62 bits per heavy atom. The second-order valence-electron chi connectivity index (χ2n) is 7.58. The van der Waals surface area contributed by atoms with Gasteiger partial charge in [0.25, 0.3) is 11.8 Å². The number of pyridine rings is 1. The lowest BCUT2D eigenvalue weighted by Crippen LogP contribution is -2.57. The van der Waals surface area contributed by atoms with Gasteiger partial charge in [-0.15, -0.1) is 11.3 Å². The van der Waals surface area contributed by atoms with Gasteiger partial charge < -0.3 is 15.1 Å². The van der Waals surface area contributed by atoms with E-state index in [-0.39, 0.29) is 17.9 Å². The van der Waals surface area contributed by atoms with Crippen molar-refractivity contribution in [2.75, 3.05) is 32.7 Å². The minimum absolute atomic E-state index is 0.0933. The molecule has 6 nitrogen and oxygen atoms in total. The Morgan fingerprint density at radius 2 is 1.96 bits per heavy atom. The minimum Gasteiger partial charge on any atom is -0.346 e. The van der Waals surface area contributed by atoms with Crippen molar-refractivity contribution in [1.82, 2.24) is 20.1 Å². The number of nitrogens with one attached hydrogen (secondary N) is 1. The van der Waals surface area contributed by atoms with Gasteiger partial charge in [0.1, 0.15) is 5.69 Å². The summed E-state index contributed by atoms with van der Waals surface area (Å²) in [6.45, 7) is 4.96. The first-order valence-electron chi connectivity index (χ1n) is 9.39. The zero-order chi connectivity index (χ0) is 17.7. The summed E-state index contributed by atoms with van der Waals surface area (Å²) in [6, 6.07) is 3.95. The molecule has 6 heterocycles. The molecule has 2 amide bonds. The Kier molecular flexibility index (Phi) is 3.94. The number of aromatic nitrogens is 1. The lowest BCUT2D eigenvalue weighted by Gasteiger charge is -2.44. The molecule has 4 fully saturated rings. The van der Waals surface area contributed by atoms with E-state index in [0.717, 1.165) is 54.1 Å². The molecular formula is C19H22N4O2S. The number of hydrogen-bond donors (Lipinski definition) is 1. The molecule has 0 unspecified atom stereocenters. The second-order valence-corrected chi connectivity index (χ2v) is 8.67. The number of rotatable bonds is 3. The molecule has 0 saturated carbocycles. The number of piperidine rings is 3. The number of fused-ring (bicyclic) bond motifs is 4. The van der Waals surface area contributed by atoms with Crippen LogP contribution in [0.5, 0.6) is 0 Å². The molecule has 2 aromatic rings. The van der Waals surface area contributed by atoms with Gasteiger partial charge in [0.05, 0.1) is 4.88 Å². The fourth-order valence-electron chi connectivity index (χ4n) is 4.21. The number of nitrogens with zero attached hydrogens (tertiary/aromatic N) is 3. The Hall–Kier alpha value is -1.99. The van der Waals surface area contributed by atoms with Crippen LogP contribution >= 0.6 is 11.3 Å². The predicted octanol–water partition coefficient (Wildman–Crippen LogP) is 1.97. The number of hydrogen-bond acceptors (Lipinski definition) is 5. The van der Waals surface area contributed by atoms with Gasteiger partial charge in [0.2, 0.25) is 0 Å². The van der Waals surface area contributed by atoms with E-state index in [4.69, 9.17) is 0 Å². The van der Waals surface area contributed by atoms with E-state index >= 15 is 0 Å². The van der Waals surface area contributed by atoms with Crippen molar-refractivity contribution in [2.45, 2.75) is 25.3 Å². The summed E-state index contributed by atoms with van der Waals surface area (Å²) >= 11 is 1.45. The Morgan fingerprint density at radius 1 is 1.15 bits per heavy atom. The Labute approximate surface area is 156 Å². The van der Waals surface area contributed by atoms with Crippen molar-refractivity contribution >= 4 is 33.2 Å². The highest BCUT2D eigenvalue weighted by atomic mass is 32.1. The van der Waals surface area contributed by atoms with Crippen molar-refractivity contribution < 1.29 is 9.59 Å². The van der Waals surface area contributed by atoms with Crippen LogP contribution in [0.1, 0.15) is 39.4 Å². The van der Waals surface area contributed by atoms with Gasteiger partial charge in [-0.3, -0.25) is 14.6 Å². The topological polar surface area (TPSA) is 65.5 Å². The van der Waals surface area contributed by atoms with E-state index in [1.165, 1.54) is 24.2 Å². The molecule has 0 aliphatic carbocycles. The fraction of sp³-hybridized carbons (Fsp3) is 0.526. The highest BCUT2D eigenvalue weighted by molar-refractivity contribution is 7.20. The maximum absolute atomic E-state index is 12.7. The first-order valence-corrected chi connectivity index (χ1v) is 10.2. The third kappa shape index (κ3) is 2.79. The molecule has 2 bridgehead atoms. The monoisotopic (exact) mass is 370 g/mol. The zero-order valence-electron chi connectivity index (χ0n) is 14.6. The number of amides is 2. The van der Waals surface area contributed by atoms with Crippen LogP contribution in [-0.2, 0) is 0 Å². The molecular weight excluding hydrogens is 348 g/mol. The van der Waals surface area contributed by atoms with Crippen molar-refractivity contribution in [3.8, 4) is 0 Å². The van der Waals surface area contributed by atoms with Gasteiger partial charge in [0, 0.05) is 42.0 Å². The summed E-state index contributed by atoms with van der Waals surface area (Å²) in [4.78, 5) is 34.4. The van der Waals surface area contributed by atoms with Crippen molar-refractivity contribution in [3.63, 3.8) is 0 Å². The van der Waals surface area contributed by atoms with Crippen molar-refractivity contribution in [1.29, 1.82) is 0 Å². The molecule has 7 heteroatoms. The molecule has 4 saturated heterocycles. The average molecular weight is 370 g/mol. The molecule has 136 valence electrons. The first kappa shape index (κ1) is 16.2. The molecule has 0 aromatic carbocycles. The Balaban J connectivity index is 1.33. The Bertz CT molecular complexity index is 868. The fourth-order valence-corrected chi connectivity index (χ4v) is 5.25. The largest absolute Gasteiger partial charge is 0.346 e. The van der Waals surface area contributed by atoms with Gasteiger partial charge in [-0.1, -0.05) is 0 Å². The predicted molar refractivity (Wildman–Crippen MR) is 101 cm³/mol. The third-order valence-corrected chi connectivity index (χ3v) is 7.05. The first-order chi connectivity index (χ1) is 12.7. The zero-order valence-corrected chi connectivity index (χ0v) is 15.4. The maximum atomic E-state index is 12.7. The summed E-state index contributed by atoms with van der Waals surface area (Å²) in [5, 5.41) is 4.11. The van der Waals surface area contributed by atoms with Crippen molar-refractivity contribution in [2.24, 2.45) is 5.92 Å². The van der Waals surface area contributed by atoms with Crippen molar-refractivity contribution in [3.05, 3.63) is 28.9 Å². The van der Waals surface area contributed by atoms with Crippen LogP contribution in [0.15, 0.2) is 18.3 Å². The lowest BCUT2D eigenvalue weighted by atomic mass is 9.84. The van der Waals surface area contributed by atoms with E-state index in [9.17, 15) is 9.59 Å². The van der Waals surface area contributed by atoms with Crippen LogP contribution in [0.2, 0.25) is 0 Å². The molecule has 4 aliphatic heterocycles. The second kappa shape index (κ2) is 6.32. The summed E-state index contributed by atoms with van der Waals surface area (Å²) in [6.07, 6.45) is 5.14. The number of carbonyl (C=O) groups is 2. The van der Waals surface area contributed by atoms with E-state index in [2.05, 4.69) is 15.2 Å². The van der Waals surface area contributed by atoms with Crippen LogP contribution in [0.25, 0.3) is 10.1 Å². The van der Waals surface area contributed by atoms with Gasteiger partial charge in [0.15, 0.2) is 0 Å². The molecule has 1 atom stereocenters. The van der Waals surface area contributed by atoms with E-state index < -0.39 is 0 Å². The summed E-state index contributed by atoms with van der Waals surface area (Å²) in [5.74, 6) is 0.584. The third-order valence-electron chi connectivity index (χ3n) is 5.96. The molecule has 4 aliphatic rings. The minimum atomic E-state index is -0.102. The van der Waals surface area contributed by atoms with Crippen LogP contribution in [0.4, 0.5) is 0 Å². The summed E-state index contributed by atoms with van der Waals surface area (Å²) < 4.78 is 0.947. The molecule has 0 spiro atoms. The van der Waals surface area contributed by atoms with Gasteiger partial charge >= 0.3 is 0 Å². The van der Waals surface area contributed by atoms with Crippen LogP contribution in [-0.4, -0.2) is 65.4 Å². The molecule has 2 aromatic heterocycles. The van der Waals surface area contributed by atoms with Crippen LogP contribution in [0.3, 0.4) is 0 Å². The normalized spacial score (nSPS) is 27.4. The van der Waals surface area contributed by atoms with Crippen LogP contribution < -0.4 is 5.32 Å². The standard InChI is InChI=1S/C19H22N4O2S/c24-18(21-15-11-22-6-2-12(15)3-7-22)14-9-16-13(10-20-14)8-17(26-16)19(25)23-4-1-5-23/h8-10,12,15H,1-7,11H2,(H,21,24)/t15-/m0/s1. The van der Waals surface area contributed by atoms with E-state index in [1.54, 1.807) is 6.20 Å². The lowest BCUT2D eigenvalue weighted by molar-refractivity contribution is 0.0617. The van der Waals surface area contributed by atoms with E-state index in [1.807, 2.05) is 17.0 Å². The van der Waals surface area contributed by atoms with Gasteiger partial charge in [-0.05, 0) is 50.4 Å². The van der Waals surface area contributed by atoms with Crippen LogP contribution in [0, 0.1) is 5.92 Å². The highest BCUT2D eigenvalue weighted by Gasteiger charge is 2.35. The number of carbonyl (C=O) groups excluding carboxylic acids is 2. The van der Waals surface area contributed by atoms with Gasteiger partial charge in [-0.2, -0.15) is 0 Å². The van der Waals surface area contributed by atoms with Gasteiger partial charge in [-0.25, -0.2) is 0 Å². The quantitative estimate of drug-likeness (QED) is 0.897. The maximum Gasteiger partial charge on any atom is 0.270 e. The summed E-state index contributed by atoms with van der Waals surface area (Å²) in [7, 11) is 0. The van der Waals surface area contributed by atoms with E-state index in [0.29, 0.717) is 11.6 Å². The highest BCUT2D eigenvalue weighted by Crippen LogP contribution is 2.29.